The third-order valence-corrected chi connectivity index (χ3v) is 5.79. The lowest BCUT2D eigenvalue weighted by Crippen LogP contribution is -2.29. The predicted octanol–water partition coefficient (Wildman–Crippen LogP) is 4.69. The van der Waals surface area contributed by atoms with Gasteiger partial charge in [0.2, 0.25) is 0 Å². The van der Waals surface area contributed by atoms with Crippen molar-refractivity contribution < 1.29 is 0 Å². The monoisotopic (exact) mass is 357 g/mol. The number of halogens is 1. The maximum Gasteiger partial charge on any atom is 0.0356 e. The van der Waals surface area contributed by atoms with Gasteiger partial charge in [-0.2, -0.15) is 0 Å². The van der Waals surface area contributed by atoms with Gasteiger partial charge in [0.15, 0.2) is 0 Å². The van der Waals surface area contributed by atoms with Gasteiger partial charge >= 0.3 is 0 Å². The van der Waals surface area contributed by atoms with Crippen LogP contribution in [0.1, 0.15) is 49.8 Å². The molecule has 0 bridgehead atoms. The molecule has 1 aromatic rings. The van der Waals surface area contributed by atoms with Crippen molar-refractivity contribution in [3.8, 4) is 0 Å². The van der Waals surface area contributed by atoms with Crippen LogP contribution in [0.15, 0.2) is 18.2 Å². The number of aryl methyl sites for hydroxylation is 1. The fourth-order valence-electron chi connectivity index (χ4n) is 3.34. The second kappa shape index (κ2) is 6.38. The standard InChI is InChI=1S/C16H24IN/c1-11-6-4-8-13(10-11)16(18-3)14-9-5-7-12(2)15(14)17/h5,7,9,11,13,16,18H,4,6,8,10H2,1-3H3. The fraction of sp³-hybridized carbons (Fsp3) is 0.625. The van der Waals surface area contributed by atoms with Crippen LogP contribution in [0.4, 0.5) is 0 Å². The second-order valence-corrected chi connectivity index (χ2v) is 6.86. The van der Waals surface area contributed by atoms with Gasteiger partial charge in [-0.15, -0.1) is 0 Å². The Morgan fingerprint density at radius 2 is 2.11 bits per heavy atom. The first-order chi connectivity index (χ1) is 8.63. The van der Waals surface area contributed by atoms with Crippen LogP contribution >= 0.6 is 22.6 Å². The highest BCUT2D eigenvalue weighted by molar-refractivity contribution is 14.1. The van der Waals surface area contributed by atoms with Crippen molar-refractivity contribution >= 4 is 22.6 Å². The van der Waals surface area contributed by atoms with Crippen LogP contribution in [0, 0.1) is 22.3 Å². The molecule has 0 spiro atoms. The molecule has 1 saturated carbocycles. The summed E-state index contributed by atoms with van der Waals surface area (Å²) in [5.41, 5.74) is 2.90. The maximum atomic E-state index is 3.57. The van der Waals surface area contributed by atoms with Crippen molar-refractivity contribution in [3.63, 3.8) is 0 Å². The van der Waals surface area contributed by atoms with Crippen LogP contribution in [-0.4, -0.2) is 7.05 Å². The van der Waals surface area contributed by atoms with E-state index >= 15 is 0 Å². The molecule has 1 aliphatic carbocycles. The minimum atomic E-state index is 0.527. The van der Waals surface area contributed by atoms with E-state index in [4.69, 9.17) is 0 Å². The third-order valence-electron chi connectivity index (χ3n) is 4.32. The van der Waals surface area contributed by atoms with Gasteiger partial charge in [0.05, 0.1) is 0 Å². The first-order valence-electron chi connectivity index (χ1n) is 7.05. The molecule has 3 unspecified atom stereocenters. The molecule has 18 heavy (non-hydrogen) atoms. The van der Waals surface area contributed by atoms with Gasteiger partial charge in [-0.25, -0.2) is 0 Å². The summed E-state index contributed by atoms with van der Waals surface area (Å²) in [6.45, 7) is 4.61. The Bertz CT molecular complexity index is 402. The van der Waals surface area contributed by atoms with Crippen LogP contribution in [-0.2, 0) is 0 Å². The zero-order valence-electron chi connectivity index (χ0n) is 11.7. The smallest absolute Gasteiger partial charge is 0.0356 e. The molecule has 1 aromatic carbocycles. The molecule has 0 saturated heterocycles. The van der Waals surface area contributed by atoms with E-state index in [0.29, 0.717) is 6.04 Å². The Balaban J connectivity index is 2.24. The fourth-order valence-corrected chi connectivity index (χ4v) is 4.03. The summed E-state index contributed by atoms with van der Waals surface area (Å²) in [6, 6.07) is 7.24. The normalized spacial score (nSPS) is 26.0. The number of nitrogens with one attached hydrogen (secondary N) is 1. The van der Waals surface area contributed by atoms with Gasteiger partial charge < -0.3 is 5.32 Å². The quantitative estimate of drug-likeness (QED) is 0.774. The minimum absolute atomic E-state index is 0.527. The Morgan fingerprint density at radius 3 is 2.78 bits per heavy atom. The van der Waals surface area contributed by atoms with Crippen molar-refractivity contribution in [1.82, 2.24) is 5.32 Å². The number of hydrogen-bond acceptors (Lipinski definition) is 1. The van der Waals surface area contributed by atoms with Gasteiger partial charge in [0.1, 0.15) is 0 Å². The van der Waals surface area contributed by atoms with Crippen molar-refractivity contribution in [1.29, 1.82) is 0 Å². The topological polar surface area (TPSA) is 12.0 Å². The molecule has 1 nitrogen and oxygen atoms in total. The van der Waals surface area contributed by atoms with Crippen LogP contribution in [0.3, 0.4) is 0 Å². The molecule has 0 aromatic heterocycles. The number of benzene rings is 1. The largest absolute Gasteiger partial charge is 0.313 e. The highest BCUT2D eigenvalue weighted by Gasteiger charge is 2.28. The molecule has 0 aliphatic heterocycles. The lowest BCUT2D eigenvalue weighted by atomic mass is 9.76. The van der Waals surface area contributed by atoms with E-state index in [2.05, 4.69) is 67.0 Å². The Hall–Kier alpha value is -0.0900. The number of hydrogen-bond donors (Lipinski definition) is 1. The molecule has 100 valence electrons. The summed E-state index contributed by atoms with van der Waals surface area (Å²) in [5.74, 6) is 1.69. The van der Waals surface area contributed by atoms with Gasteiger partial charge in [0.25, 0.3) is 0 Å². The third kappa shape index (κ3) is 3.08. The average Bonchev–Trinajstić information content (AvgIpc) is 2.35. The lowest BCUT2D eigenvalue weighted by Gasteiger charge is -2.34. The molecular weight excluding hydrogens is 333 g/mol. The van der Waals surface area contributed by atoms with Gasteiger partial charge in [-0.3, -0.25) is 0 Å². The summed E-state index contributed by atoms with van der Waals surface area (Å²) in [5, 5.41) is 3.57. The van der Waals surface area contributed by atoms with Crippen LogP contribution in [0.25, 0.3) is 0 Å². The zero-order valence-corrected chi connectivity index (χ0v) is 13.8. The summed E-state index contributed by atoms with van der Waals surface area (Å²) < 4.78 is 1.44. The Kier molecular flexibility index (Phi) is 5.07. The number of rotatable bonds is 3. The SMILES string of the molecule is CNC(c1cccc(C)c1I)C1CCCC(C)C1. The van der Waals surface area contributed by atoms with Crippen molar-refractivity contribution in [2.24, 2.45) is 11.8 Å². The van der Waals surface area contributed by atoms with Crippen molar-refractivity contribution in [3.05, 3.63) is 32.9 Å². The second-order valence-electron chi connectivity index (χ2n) is 5.78. The van der Waals surface area contributed by atoms with Crippen molar-refractivity contribution in [2.75, 3.05) is 7.05 Å². The summed E-state index contributed by atoms with van der Waals surface area (Å²) >= 11 is 2.50. The molecule has 2 heteroatoms. The van der Waals surface area contributed by atoms with Crippen LogP contribution < -0.4 is 5.32 Å². The molecule has 0 amide bonds. The van der Waals surface area contributed by atoms with Gasteiger partial charge in [-0.1, -0.05) is 38.0 Å². The molecule has 3 atom stereocenters. The minimum Gasteiger partial charge on any atom is -0.313 e. The maximum absolute atomic E-state index is 3.57. The van der Waals surface area contributed by atoms with E-state index in [9.17, 15) is 0 Å². The van der Waals surface area contributed by atoms with Gasteiger partial charge in [0, 0.05) is 9.61 Å². The molecule has 0 radical (unpaired) electrons. The highest BCUT2D eigenvalue weighted by Crippen LogP contribution is 2.38. The summed E-state index contributed by atoms with van der Waals surface area (Å²) in [7, 11) is 2.11. The van der Waals surface area contributed by atoms with Crippen LogP contribution in [0.5, 0.6) is 0 Å². The van der Waals surface area contributed by atoms with E-state index in [1.165, 1.54) is 40.4 Å². The molecular formula is C16H24IN. The van der Waals surface area contributed by atoms with E-state index in [1.54, 1.807) is 0 Å². The molecule has 2 rings (SSSR count). The van der Waals surface area contributed by atoms with E-state index in [1.807, 2.05) is 0 Å². The van der Waals surface area contributed by atoms with Gasteiger partial charge in [-0.05, 0) is 72.4 Å². The highest BCUT2D eigenvalue weighted by atomic mass is 127. The zero-order chi connectivity index (χ0) is 13.1. The van der Waals surface area contributed by atoms with Crippen molar-refractivity contribution in [2.45, 2.75) is 45.6 Å². The Morgan fingerprint density at radius 1 is 1.33 bits per heavy atom. The van der Waals surface area contributed by atoms with E-state index in [-0.39, 0.29) is 0 Å². The molecule has 1 fully saturated rings. The molecule has 1 N–H and O–H groups in total. The molecule has 1 aliphatic rings. The lowest BCUT2D eigenvalue weighted by molar-refractivity contribution is 0.229. The summed E-state index contributed by atoms with van der Waals surface area (Å²) in [6.07, 6.45) is 5.56. The average molecular weight is 357 g/mol. The first kappa shape index (κ1) is 14.3. The summed E-state index contributed by atoms with van der Waals surface area (Å²) in [4.78, 5) is 0. The van der Waals surface area contributed by atoms with E-state index in [0.717, 1.165) is 11.8 Å². The van der Waals surface area contributed by atoms with Crippen LogP contribution in [0.2, 0.25) is 0 Å². The Labute approximate surface area is 125 Å². The predicted molar refractivity (Wildman–Crippen MR) is 86.8 cm³/mol. The van der Waals surface area contributed by atoms with E-state index < -0.39 is 0 Å². The molecule has 0 heterocycles. The first-order valence-corrected chi connectivity index (χ1v) is 8.13.